The zero-order valence-corrected chi connectivity index (χ0v) is 8.09. The van der Waals surface area contributed by atoms with Gasteiger partial charge in [0.15, 0.2) is 0 Å². The second-order valence-electron chi connectivity index (χ2n) is 4.48. The van der Waals surface area contributed by atoms with E-state index in [0.717, 1.165) is 11.8 Å². The molecule has 1 nitrogen and oxygen atoms in total. The molecule has 70 valence electrons. The van der Waals surface area contributed by atoms with E-state index in [4.69, 9.17) is 4.74 Å². The van der Waals surface area contributed by atoms with Crippen molar-refractivity contribution in [1.82, 2.24) is 0 Å². The van der Waals surface area contributed by atoms with Crippen molar-refractivity contribution in [3.8, 4) is 0 Å². The number of rotatable bonds is 2. The van der Waals surface area contributed by atoms with Crippen LogP contribution < -0.4 is 0 Å². The van der Waals surface area contributed by atoms with Crippen molar-refractivity contribution in [2.45, 2.75) is 51.0 Å². The molecule has 0 N–H and O–H groups in total. The number of hydrogen-bond donors (Lipinski definition) is 0. The molecule has 2 saturated carbocycles. The maximum atomic E-state index is 5.40. The van der Waals surface area contributed by atoms with Crippen molar-refractivity contribution >= 4 is 0 Å². The molecule has 0 amide bonds. The maximum Gasteiger partial charge on any atom is 0.0574 e. The highest BCUT2D eigenvalue weighted by molar-refractivity contribution is 4.83. The van der Waals surface area contributed by atoms with Crippen LogP contribution in [0.2, 0.25) is 0 Å². The average Bonchev–Trinajstić information content (AvgIpc) is 2.75. The van der Waals surface area contributed by atoms with E-state index in [1.165, 1.54) is 44.9 Å². The van der Waals surface area contributed by atoms with Crippen molar-refractivity contribution in [3.63, 3.8) is 0 Å². The summed E-state index contributed by atoms with van der Waals surface area (Å²) in [6, 6.07) is 0. The molecule has 2 aliphatic rings. The zero-order chi connectivity index (χ0) is 8.39. The van der Waals surface area contributed by atoms with E-state index in [1.54, 1.807) is 0 Å². The molecule has 0 aromatic heterocycles. The average molecular weight is 168 g/mol. The van der Waals surface area contributed by atoms with E-state index in [1.807, 2.05) is 7.11 Å². The van der Waals surface area contributed by atoms with Gasteiger partial charge in [-0.2, -0.15) is 0 Å². The van der Waals surface area contributed by atoms with Crippen LogP contribution in [-0.2, 0) is 4.74 Å². The van der Waals surface area contributed by atoms with E-state index in [0.29, 0.717) is 6.10 Å². The van der Waals surface area contributed by atoms with Gasteiger partial charge in [-0.1, -0.05) is 25.7 Å². The molecular formula is C11H20O. The van der Waals surface area contributed by atoms with Gasteiger partial charge in [-0.15, -0.1) is 0 Å². The van der Waals surface area contributed by atoms with E-state index in [-0.39, 0.29) is 0 Å². The normalized spacial score (nSPS) is 37.8. The molecule has 2 atom stereocenters. The lowest BCUT2D eigenvalue weighted by Gasteiger charge is -2.17. The topological polar surface area (TPSA) is 9.23 Å². The molecule has 0 saturated heterocycles. The Kier molecular flexibility index (Phi) is 2.69. The summed E-state index contributed by atoms with van der Waals surface area (Å²) in [7, 11) is 1.86. The summed E-state index contributed by atoms with van der Waals surface area (Å²) >= 11 is 0. The quantitative estimate of drug-likeness (QED) is 0.616. The smallest absolute Gasteiger partial charge is 0.0574 e. The van der Waals surface area contributed by atoms with Crippen molar-refractivity contribution in [1.29, 1.82) is 0 Å². The molecule has 0 heterocycles. The van der Waals surface area contributed by atoms with Gasteiger partial charge in [-0.3, -0.25) is 0 Å². The van der Waals surface area contributed by atoms with E-state index in [2.05, 4.69) is 0 Å². The first kappa shape index (κ1) is 8.55. The van der Waals surface area contributed by atoms with Gasteiger partial charge in [0.1, 0.15) is 0 Å². The molecule has 12 heavy (non-hydrogen) atoms. The summed E-state index contributed by atoms with van der Waals surface area (Å²) < 4.78 is 5.40. The third-order valence-electron chi connectivity index (χ3n) is 3.82. The second kappa shape index (κ2) is 3.78. The summed E-state index contributed by atoms with van der Waals surface area (Å²) in [5.74, 6) is 2.07. The Bertz CT molecular complexity index is 138. The molecule has 0 radical (unpaired) electrons. The van der Waals surface area contributed by atoms with E-state index in [9.17, 15) is 0 Å². The summed E-state index contributed by atoms with van der Waals surface area (Å²) in [5, 5.41) is 0. The molecule has 0 bridgehead atoms. The number of hydrogen-bond acceptors (Lipinski definition) is 1. The molecule has 2 unspecified atom stereocenters. The Morgan fingerprint density at radius 3 is 2.25 bits per heavy atom. The van der Waals surface area contributed by atoms with Crippen molar-refractivity contribution < 1.29 is 4.74 Å². The van der Waals surface area contributed by atoms with E-state index < -0.39 is 0 Å². The third kappa shape index (κ3) is 1.66. The molecule has 0 aromatic carbocycles. The number of methoxy groups -OCH3 is 1. The standard InChI is InChI=1S/C11H20O/c1-12-11-7-6-10(8-11)9-4-2-3-5-9/h9-11H,2-8H2,1H3. The summed E-state index contributed by atoms with van der Waals surface area (Å²) in [5.41, 5.74) is 0. The van der Waals surface area contributed by atoms with Gasteiger partial charge in [0.2, 0.25) is 0 Å². The van der Waals surface area contributed by atoms with Crippen molar-refractivity contribution in [2.24, 2.45) is 11.8 Å². The van der Waals surface area contributed by atoms with Crippen LogP contribution in [0.5, 0.6) is 0 Å². The minimum atomic E-state index is 0.593. The highest BCUT2D eigenvalue weighted by Gasteiger charge is 2.31. The molecule has 2 aliphatic carbocycles. The lowest BCUT2D eigenvalue weighted by atomic mass is 9.90. The molecule has 0 aliphatic heterocycles. The maximum absolute atomic E-state index is 5.40. The highest BCUT2D eigenvalue weighted by atomic mass is 16.5. The lowest BCUT2D eigenvalue weighted by Crippen LogP contribution is -2.10. The van der Waals surface area contributed by atoms with Gasteiger partial charge in [0, 0.05) is 7.11 Å². The molecule has 2 rings (SSSR count). The van der Waals surface area contributed by atoms with Crippen LogP contribution in [0.3, 0.4) is 0 Å². The van der Waals surface area contributed by atoms with Gasteiger partial charge in [-0.05, 0) is 31.1 Å². The Morgan fingerprint density at radius 2 is 1.67 bits per heavy atom. The van der Waals surface area contributed by atoms with Gasteiger partial charge >= 0.3 is 0 Å². The SMILES string of the molecule is COC1CCC(C2CCCC2)C1. The van der Waals surface area contributed by atoms with E-state index >= 15 is 0 Å². The van der Waals surface area contributed by atoms with Gasteiger partial charge in [0.25, 0.3) is 0 Å². The Labute approximate surface area is 75.5 Å². The largest absolute Gasteiger partial charge is 0.381 e. The molecule has 0 spiro atoms. The Morgan fingerprint density at radius 1 is 0.917 bits per heavy atom. The first-order valence-corrected chi connectivity index (χ1v) is 5.43. The van der Waals surface area contributed by atoms with Crippen LogP contribution in [0, 0.1) is 11.8 Å². The van der Waals surface area contributed by atoms with Gasteiger partial charge in [-0.25, -0.2) is 0 Å². The van der Waals surface area contributed by atoms with Crippen LogP contribution in [0.15, 0.2) is 0 Å². The first-order chi connectivity index (χ1) is 5.90. The van der Waals surface area contributed by atoms with Crippen LogP contribution in [0.1, 0.15) is 44.9 Å². The minimum Gasteiger partial charge on any atom is -0.381 e. The Balaban J connectivity index is 1.81. The molecule has 0 aromatic rings. The Hall–Kier alpha value is -0.0400. The predicted molar refractivity (Wildman–Crippen MR) is 50.1 cm³/mol. The fraction of sp³-hybridized carbons (Fsp3) is 1.00. The zero-order valence-electron chi connectivity index (χ0n) is 8.09. The summed E-state index contributed by atoms with van der Waals surface area (Å²) in [4.78, 5) is 0. The number of ether oxygens (including phenoxy) is 1. The van der Waals surface area contributed by atoms with Gasteiger partial charge in [0.05, 0.1) is 6.10 Å². The van der Waals surface area contributed by atoms with Crippen molar-refractivity contribution in [2.75, 3.05) is 7.11 Å². The molecule has 2 fully saturated rings. The minimum absolute atomic E-state index is 0.593. The predicted octanol–water partition coefficient (Wildman–Crippen LogP) is 2.99. The van der Waals surface area contributed by atoms with Crippen LogP contribution >= 0.6 is 0 Å². The fourth-order valence-electron chi connectivity index (χ4n) is 3.04. The lowest BCUT2D eigenvalue weighted by molar-refractivity contribution is 0.102. The van der Waals surface area contributed by atoms with Crippen LogP contribution in [-0.4, -0.2) is 13.2 Å². The second-order valence-corrected chi connectivity index (χ2v) is 4.48. The van der Waals surface area contributed by atoms with Crippen molar-refractivity contribution in [3.05, 3.63) is 0 Å². The third-order valence-corrected chi connectivity index (χ3v) is 3.82. The highest BCUT2D eigenvalue weighted by Crippen LogP contribution is 2.40. The summed E-state index contributed by atoms with van der Waals surface area (Å²) in [6.45, 7) is 0. The van der Waals surface area contributed by atoms with Crippen LogP contribution in [0.4, 0.5) is 0 Å². The molecule has 1 heteroatoms. The summed E-state index contributed by atoms with van der Waals surface area (Å²) in [6.07, 6.45) is 10.7. The fourth-order valence-corrected chi connectivity index (χ4v) is 3.04. The first-order valence-electron chi connectivity index (χ1n) is 5.43. The van der Waals surface area contributed by atoms with Crippen LogP contribution in [0.25, 0.3) is 0 Å². The van der Waals surface area contributed by atoms with Gasteiger partial charge < -0.3 is 4.74 Å². The monoisotopic (exact) mass is 168 g/mol. The molecular weight excluding hydrogens is 148 g/mol.